The van der Waals surface area contributed by atoms with Crippen LogP contribution in [0.4, 0.5) is 0 Å². The largest absolute Gasteiger partial charge is 0.478 e. The lowest BCUT2D eigenvalue weighted by Crippen LogP contribution is -1.94. The molecule has 0 spiro atoms. The molecule has 5 heteroatoms. The molecule has 5 nitrogen and oxygen atoms in total. The van der Waals surface area contributed by atoms with Gasteiger partial charge in [-0.25, -0.2) is 9.78 Å². The number of hydrogen-bond donors (Lipinski definition) is 1. The normalized spacial score (nSPS) is 10.8. The minimum Gasteiger partial charge on any atom is -0.478 e. The lowest BCUT2D eigenvalue weighted by atomic mass is 10.1. The maximum Gasteiger partial charge on any atom is 0.335 e. The third-order valence-electron chi connectivity index (χ3n) is 3.79. The molecule has 0 fully saturated rings. The third kappa shape index (κ3) is 2.52. The first-order valence-corrected chi connectivity index (χ1v) is 7.37. The molecular weight excluding hydrogens is 304 g/mol. The van der Waals surface area contributed by atoms with Crippen LogP contribution in [0.2, 0.25) is 0 Å². The molecule has 2 aromatic carbocycles. The summed E-state index contributed by atoms with van der Waals surface area (Å²) in [5, 5.41) is 14.1. The van der Waals surface area contributed by atoms with Crippen molar-refractivity contribution >= 4 is 16.9 Å². The van der Waals surface area contributed by atoms with Crippen molar-refractivity contribution in [2.75, 3.05) is 0 Å². The van der Waals surface area contributed by atoms with Crippen molar-refractivity contribution in [3.63, 3.8) is 0 Å². The second-order valence-corrected chi connectivity index (χ2v) is 5.35. The molecule has 0 aliphatic rings. The highest BCUT2D eigenvalue weighted by molar-refractivity contribution is 5.88. The van der Waals surface area contributed by atoms with E-state index in [0.717, 1.165) is 16.5 Å². The van der Waals surface area contributed by atoms with Crippen LogP contribution in [0, 0.1) is 0 Å². The van der Waals surface area contributed by atoms with Gasteiger partial charge in [-0.15, -0.1) is 0 Å². The van der Waals surface area contributed by atoms with Crippen molar-refractivity contribution in [3.05, 3.63) is 72.3 Å². The maximum atomic E-state index is 10.9. The smallest absolute Gasteiger partial charge is 0.335 e. The van der Waals surface area contributed by atoms with Crippen molar-refractivity contribution in [2.45, 2.75) is 0 Å². The molecule has 0 atom stereocenters. The summed E-state index contributed by atoms with van der Waals surface area (Å²) in [4.78, 5) is 15.5. The van der Waals surface area contributed by atoms with Crippen LogP contribution in [0.15, 0.2) is 71.3 Å². The van der Waals surface area contributed by atoms with Gasteiger partial charge in [0.05, 0.1) is 11.1 Å². The van der Waals surface area contributed by atoms with Crippen LogP contribution < -0.4 is 0 Å². The SMILES string of the molecule is O=C(O)c1ccc(-c2cc(-c3ccc4ccccc4n3)on2)cc1. The van der Waals surface area contributed by atoms with Gasteiger partial charge in [0.1, 0.15) is 11.4 Å². The first-order valence-electron chi connectivity index (χ1n) is 7.37. The van der Waals surface area contributed by atoms with Gasteiger partial charge >= 0.3 is 5.97 Å². The Morgan fingerprint density at radius 2 is 1.71 bits per heavy atom. The number of benzene rings is 2. The quantitative estimate of drug-likeness (QED) is 0.611. The summed E-state index contributed by atoms with van der Waals surface area (Å²) in [6.45, 7) is 0. The maximum absolute atomic E-state index is 10.9. The molecule has 0 amide bonds. The predicted octanol–water partition coefficient (Wildman–Crippen LogP) is 4.26. The highest BCUT2D eigenvalue weighted by atomic mass is 16.5. The van der Waals surface area contributed by atoms with E-state index in [-0.39, 0.29) is 5.56 Å². The second-order valence-electron chi connectivity index (χ2n) is 5.35. The number of aromatic nitrogens is 2. The Balaban J connectivity index is 1.69. The first-order chi connectivity index (χ1) is 11.7. The van der Waals surface area contributed by atoms with Crippen LogP contribution in [-0.2, 0) is 0 Å². The van der Waals surface area contributed by atoms with Crippen molar-refractivity contribution < 1.29 is 14.4 Å². The fourth-order valence-electron chi connectivity index (χ4n) is 2.52. The standard InChI is InChI=1S/C19H12N2O3/c22-19(23)14-7-5-13(6-8-14)17-11-18(24-21-17)16-10-9-12-3-1-2-4-15(12)20-16/h1-11H,(H,22,23). The Hall–Kier alpha value is -3.47. The van der Waals surface area contributed by atoms with Crippen LogP contribution in [0.1, 0.15) is 10.4 Å². The minimum atomic E-state index is -0.956. The first kappa shape index (κ1) is 14.1. The van der Waals surface area contributed by atoms with Crippen molar-refractivity contribution in [1.29, 1.82) is 0 Å². The molecule has 0 aliphatic carbocycles. The molecule has 0 saturated heterocycles. The zero-order chi connectivity index (χ0) is 16.5. The number of fused-ring (bicyclic) bond motifs is 1. The van der Waals surface area contributed by atoms with Crippen molar-refractivity contribution in [2.24, 2.45) is 0 Å². The number of para-hydroxylation sites is 1. The molecule has 0 aliphatic heterocycles. The summed E-state index contributed by atoms with van der Waals surface area (Å²) in [5.41, 5.74) is 3.25. The summed E-state index contributed by atoms with van der Waals surface area (Å²) in [6, 6.07) is 20.0. The number of carboxylic acid groups (broad SMARTS) is 1. The summed E-state index contributed by atoms with van der Waals surface area (Å²) >= 11 is 0. The van der Waals surface area contributed by atoms with Crippen LogP contribution in [0.5, 0.6) is 0 Å². The van der Waals surface area contributed by atoms with E-state index in [1.165, 1.54) is 0 Å². The molecule has 0 radical (unpaired) electrons. The van der Waals surface area contributed by atoms with Gasteiger partial charge in [0.15, 0.2) is 5.76 Å². The van der Waals surface area contributed by atoms with E-state index >= 15 is 0 Å². The third-order valence-corrected chi connectivity index (χ3v) is 3.79. The number of hydrogen-bond acceptors (Lipinski definition) is 4. The molecule has 1 N–H and O–H groups in total. The number of rotatable bonds is 3. The van der Waals surface area contributed by atoms with Crippen molar-refractivity contribution in [3.8, 4) is 22.7 Å². The highest BCUT2D eigenvalue weighted by Gasteiger charge is 2.11. The van der Waals surface area contributed by atoms with E-state index < -0.39 is 5.97 Å². The number of carboxylic acids is 1. The van der Waals surface area contributed by atoms with Gasteiger partial charge in [-0.05, 0) is 24.3 Å². The van der Waals surface area contributed by atoms with Gasteiger partial charge in [0.2, 0.25) is 0 Å². The van der Waals surface area contributed by atoms with Crippen molar-refractivity contribution in [1.82, 2.24) is 10.1 Å². The van der Waals surface area contributed by atoms with E-state index in [9.17, 15) is 4.79 Å². The molecule has 0 unspecified atom stereocenters. The van der Waals surface area contributed by atoms with Crippen LogP contribution >= 0.6 is 0 Å². The molecule has 4 rings (SSSR count). The van der Waals surface area contributed by atoms with Gasteiger partial charge in [-0.2, -0.15) is 0 Å². The van der Waals surface area contributed by atoms with E-state index in [0.29, 0.717) is 17.1 Å². The van der Waals surface area contributed by atoms with E-state index in [1.807, 2.05) is 36.4 Å². The Bertz CT molecular complexity index is 1040. The highest BCUT2D eigenvalue weighted by Crippen LogP contribution is 2.26. The lowest BCUT2D eigenvalue weighted by Gasteiger charge is -1.99. The van der Waals surface area contributed by atoms with Gasteiger partial charge in [-0.3, -0.25) is 0 Å². The zero-order valence-electron chi connectivity index (χ0n) is 12.5. The molecule has 0 saturated carbocycles. The molecule has 116 valence electrons. The summed E-state index contributed by atoms with van der Waals surface area (Å²) in [5.74, 6) is -0.388. The van der Waals surface area contributed by atoms with E-state index in [2.05, 4.69) is 10.1 Å². The average Bonchev–Trinajstić information content (AvgIpc) is 3.11. The fourth-order valence-corrected chi connectivity index (χ4v) is 2.52. The van der Waals surface area contributed by atoms with Gasteiger partial charge in [0, 0.05) is 17.0 Å². The Morgan fingerprint density at radius 1 is 0.917 bits per heavy atom. The Labute approximate surface area is 137 Å². The van der Waals surface area contributed by atoms with Crippen LogP contribution in [0.25, 0.3) is 33.6 Å². The molecule has 0 bridgehead atoms. The lowest BCUT2D eigenvalue weighted by molar-refractivity contribution is 0.0697. The van der Waals surface area contributed by atoms with Crippen LogP contribution in [-0.4, -0.2) is 21.2 Å². The second kappa shape index (κ2) is 5.62. The van der Waals surface area contributed by atoms with Gasteiger partial charge in [-0.1, -0.05) is 41.6 Å². The summed E-state index contributed by atoms with van der Waals surface area (Å²) < 4.78 is 5.40. The van der Waals surface area contributed by atoms with Gasteiger partial charge in [0.25, 0.3) is 0 Å². The van der Waals surface area contributed by atoms with Crippen LogP contribution in [0.3, 0.4) is 0 Å². The minimum absolute atomic E-state index is 0.235. The number of aromatic carboxylic acids is 1. The monoisotopic (exact) mass is 316 g/mol. The predicted molar refractivity (Wildman–Crippen MR) is 89.6 cm³/mol. The topological polar surface area (TPSA) is 76.2 Å². The molecular formula is C19H12N2O3. The molecule has 4 aromatic rings. The zero-order valence-corrected chi connectivity index (χ0v) is 12.5. The molecule has 24 heavy (non-hydrogen) atoms. The fraction of sp³-hybridized carbons (Fsp3) is 0. The van der Waals surface area contributed by atoms with E-state index in [4.69, 9.17) is 9.63 Å². The number of nitrogens with zero attached hydrogens (tertiary/aromatic N) is 2. The molecule has 2 heterocycles. The Kier molecular flexibility index (Phi) is 3.31. The molecule has 2 aromatic heterocycles. The average molecular weight is 316 g/mol. The Morgan fingerprint density at radius 3 is 2.50 bits per heavy atom. The number of carbonyl (C=O) groups is 1. The number of pyridine rings is 1. The van der Waals surface area contributed by atoms with Gasteiger partial charge < -0.3 is 9.63 Å². The summed E-state index contributed by atoms with van der Waals surface area (Å²) in [6.07, 6.45) is 0. The summed E-state index contributed by atoms with van der Waals surface area (Å²) in [7, 11) is 0. The van der Waals surface area contributed by atoms with E-state index in [1.54, 1.807) is 30.3 Å².